The second kappa shape index (κ2) is 4.80. The third kappa shape index (κ3) is 2.03. The fourth-order valence-electron chi connectivity index (χ4n) is 2.26. The van der Waals surface area contributed by atoms with Crippen molar-refractivity contribution in [3.8, 4) is 5.75 Å². The lowest BCUT2D eigenvalue weighted by Crippen LogP contribution is -2.13. The van der Waals surface area contributed by atoms with E-state index in [1.807, 2.05) is 6.07 Å². The molecule has 92 valence electrons. The van der Waals surface area contributed by atoms with Crippen molar-refractivity contribution in [2.75, 3.05) is 13.7 Å². The number of nitrogens with two attached hydrogens (primary N) is 1. The van der Waals surface area contributed by atoms with Crippen molar-refractivity contribution in [1.82, 2.24) is 4.57 Å². The number of hydrogen-bond donors (Lipinski definition) is 1. The van der Waals surface area contributed by atoms with E-state index in [0.29, 0.717) is 12.5 Å². The van der Waals surface area contributed by atoms with Crippen molar-refractivity contribution in [1.29, 1.82) is 0 Å². The van der Waals surface area contributed by atoms with Crippen molar-refractivity contribution in [2.24, 2.45) is 5.73 Å². The molecular formula is C14H20N2O. The Balaban J connectivity index is 2.63. The van der Waals surface area contributed by atoms with Gasteiger partial charge in [0.25, 0.3) is 0 Å². The van der Waals surface area contributed by atoms with Gasteiger partial charge in [-0.2, -0.15) is 0 Å². The maximum absolute atomic E-state index is 5.77. The second-order valence-electron chi connectivity index (χ2n) is 4.37. The van der Waals surface area contributed by atoms with E-state index in [1.54, 1.807) is 7.11 Å². The number of aryl methyl sites for hydroxylation is 1. The van der Waals surface area contributed by atoms with Gasteiger partial charge in [0.15, 0.2) is 0 Å². The maximum Gasteiger partial charge on any atom is 0.120 e. The number of nitrogens with zero attached hydrogens (tertiary/aromatic N) is 1. The van der Waals surface area contributed by atoms with Gasteiger partial charge < -0.3 is 15.0 Å². The van der Waals surface area contributed by atoms with Crippen LogP contribution in [0.15, 0.2) is 24.3 Å². The summed E-state index contributed by atoms with van der Waals surface area (Å²) in [4.78, 5) is 0. The van der Waals surface area contributed by atoms with Gasteiger partial charge in [-0.3, -0.25) is 0 Å². The number of rotatable bonds is 4. The number of aromatic nitrogens is 1. The Labute approximate surface area is 102 Å². The van der Waals surface area contributed by atoms with Crippen molar-refractivity contribution in [2.45, 2.75) is 26.3 Å². The first-order chi connectivity index (χ1) is 8.21. The molecule has 0 aliphatic heterocycles. The monoisotopic (exact) mass is 232 g/mol. The smallest absolute Gasteiger partial charge is 0.120 e. The van der Waals surface area contributed by atoms with Gasteiger partial charge in [0.1, 0.15) is 5.75 Å². The van der Waals surface area contributed by atoms with Gasteiger partial charge >= 0.3 is 0 Å². The van der Waals surface area contributed by atoms with Crippen molar-refractivity contribution in [3.63, 3.8) is 0 Å². The zero-order chi connectivity index (χ0) is 12.4. The summed E-state index contributed by atoms with van der Waals surface area (Å²) in [6.07, 6.45) is 0. The molecule has 1 heterocycles. The van der Waals surface area contributed by atoms with Gasteiger partial charge in [0.05, 0.1) is 12.6 Å². The SMILES string of the molecule is CCn1c(C(C)CN)cc2ccc(OC)cc21. The van der Waals surface area contributed by atoms with Crippen LogP contribution in [-0.2, 0) is 6.54 Å². The fraction of sp³-hybridized carbons (Fsp3) is 0.429. The zero-order valence-corrected chi connectivity index (χ0v) is 10.7. The summed E-state index contributed by atoms with van der Waals surface area (Å²) >= 11 is 0. The quantitative estimate of drug-likeness (QED) is 0.880. The van der Waals surface area contributed by atoms with E-state index in [-0.39, 0.29) is 0 Å². The van der Waals surface area contributed by atoms with E-state index in [2.05, 4.69) is 36.6 Å². The molecule has 17 heavy (non-hydrogen) atoms. The lowest BCUT2D eigenvalue weighted by molar-refractivity contribution is 0.415. The molecule has 3 heteroatoms. The highest BCUT2D eigenvalue weighted by Crippen LogP contribution is 2.28. The second-order valence-corrected chi connectivity index (χ2v) is 4.37. The molecule has 2 rings (SSSR count). The average molecular weight is 232 g/mol. The fourth-order valence-corrected chi connectivity index (χ4v) is 2.26. The van der Waals surface area contributed by atoms with Crippen LogP contribution in [-0.4, -0.2) is 18.2 Å². The lowest BCUT2D eigenvalue weighted by atomic mass is 10.1. The van der Waals surface area contributed by atoms with Crippen LogP contribution in [0.1, 0.15) is 25.5 Å². The molecule has 2 aromatic rings. The van der Waals surface area contributed by atoms with Gasteiger partial charge in [-0.25, -0.2) is 0 Å². The topological polar surface area (TPSA) is 40.2 Å². The van der Waals surface area contributed by atoms with Gasteiger partial charge in [0, 0.05) is 36.2 Å². The Hall–Kier alpha value is -1.48. The largest absolute Gasteiger partial charge is 0.497 e. The first-order valence-corrected chi connectivity index (χ1v) is 6.08. The molecule has 0 bridgehead atoms. The molecule has 0 aliphatic carbocycles. The van der Waals surface area contributed by atoms with E-state index >= 15 is 0 Å². The van der Waals surface area contributed by atoms with Crippen molar-refractivity contribution >= 4 is 10.9 Å². The molecule has 0 saturated heterocycles. The Morgan fingerprint density at radius 2 is 2.12 bits per heavy atom. The summed E-state index contributed by atoms with van der Waals surface area (Å²) in [6.45, 7) is 5.95. The summed E-state index contributed by atoms with van der Waals surface area (Å²) in [7, 11) is 1.70. The molecule has 0 aliphatic rings. The van der Waals surface area contributed by atoms with Crippen LogP contribution >= 0.6 is 0 Å². The van der Waals surface area contributed by atoms with Crippen LogP contribution in [0.5, 0.6) is 5.75 Å². The number of hydrogen-bond acceptors (Lipinski definition) is 2. The standard InChI is InChI=1S/C14H20N2O/c1-4-16-13(10(2)9-15)7-11-5-6-12(17-3)8-14(11)16/h5-8,10H,4,9,15H2,1-3H3. The van der Waals surface area contributed by atoms with E-state index < -0.39 is 0 Å². The molecule has 3 nitrogen and oxygen atoms in total. The van der Waals surface area contributed by atoms with Crippen molar-refractivity contribution < 1.29 is 4.74 Å². The Bertz CT molecular complexity index is 516. The van der Waals surface area contributed by atoms with Gasteiger partial charge in [-0.1, -0.05) is 6.92 Å². The van der Waals surface area contributed by atoms with Gasteiger partial charge in [0.2, 0.25) is 0 Å². The predicted octanol–water partition coefficient (Wildman–Crippen LogP) is 2.73. The summed E-state index contributed by atoms with van der Waals surface area (Å²) in [5.41, 5.74) is 8.30. The summed E-state index contributed by atoms with van der Waals surface area (Å²) in [5, 5.41) is 1.25. The minimum Gasteiger partial charge on any atom is -0.497 e. The molecule has 0 amide bonds. The number of benzene rings is 1. The molecule has 0 saturated carbocycles. The first kappa shape index (κ1) is 12.0. The Kier molecular flexibility index (Phi) is 3.38. The first-order valence-electron chi connectivity index (χ1n) is 6.08. The van der Waals surface area contributed by atoms with Gasteiger partial charge in [-0.05, 0) is 25.1 Å². The molecule has 0 radical (unpaired) electrons. The highest BCUT2D eigenvalue weighted by molar-refractivity contribution is 5.83. The number of ether oxygens (including phenoxy) is 1. The number of fused-ring (bicyclic) bond motifs is 1. The molecule has 1 unspecified atom stereocenters. The van der Waals surface area contributed by atoms with Crippen LogP contribution in [0.3, 0.4) is 0 Å². The van der Waals surface area contributed by atoms with Crippen LogP contribution in [0.2, 0.25) is 0 Å². The maximum atomic E-state index is 5.77. The minimum atomic E-state index is 0.383. The number of methoxy groups -OCH3 is 1. The Morgan fingerprint density at radius 1 is 1.35 bits per heavy atom. The highest BCUT2D eigenvalue weighted by atomic mass is 16.5. The van der Waals surface area contributed by atoms with Gasteiger partial charge in [-0.15, -0.1) is 0 Å². The third-order valence-electron chi connectivity index (χ3n) is 3.32. The third-order valence-corrected chi connectivity index (χ3v) is 3.32. The lowest BCUT2D eigenvalue weighted by Gasteiger charge is -2.13. The van der Waals surface area contributed by atoms with Crippen LogP contribution in [0.25, 0.3) is 10.9 Å². The summed E-state index contributed by atoms with van der Waals surface area (Å²) in [5.74, 6) is 1.28. The molecule has 1 aromatic carbocycles. The molecular weight excluding hydrogens is 212 g/mol. The van der Waals surface area contributed by atoms with E-state index in [0.717, 1.165) is 12.3 Å². The highest BCUT2D eigenvalue weighted by Gasteiger charge is 2.13. The van der Waals surface area contributed by atoms with E-state index in [4.69, 9.17) is 10.5 Å². The van der Waals surface area contributed by atoms with Crippen LogP contribution in [0, 0.1) is 0 Å². The molecule has 1 aromatic heterocycles. The minimum absolute atomic E-state index is 0.383. The molecule has 1 atom stereocenters. The predicted molar refractivity (Wildman–Crippen MR) is 71.6 cm³/mol. The zero-order valence-electron chi connectivity index (χ0n) is 10.7. The molecule has 2 N–H and O–H groups in total. The Morgan fingerprint density at radius 3 is 2.71 bits per heavy atom. The van der Waals surface area contributed by atoms with Crippen LogP contribution < -0.4 is 10.5 Å². The normalized spacial score (nSPS) is 12.9. The van der Waals surface area contributed by atoms with Crippen LogP contribution in [0.4, 0.5) is 0 Å². The summed E-state index contributed by atoms with van der Waals surface area (Å²) < 4.78 is 7.59. The molecule has 0 spiro atoms. The molecule has 0 fully saturated rings. The summed E-state index contributed by atoms with van der Waals surface area (Å²) in [6, 6.07) is 8.42. The van der Waals surface area contributed by atoms with Crippen molar-refractivity contribution in [3.05, 3.63) is 30.0 Å². The van der Waals surface area contributed by atoms with E-state index in [9.17, 15) is 0 Å². The average Bonchev–Trinajstić information content (AvgIpc) is 2.74. The van der Waals surface area contributed by atoms with E-state index in [1.165, 1.54) is 16.6 Å².